The number of methoxy groups -OCH3 is 1. The highest BCUT2D eigenvalue weighted by molar-refractivity contribution is 5.91. The number of rotatable bonds is 5. The van der Waals surface area contributed by atoms with E-state index in [0.29, 0.717) is 61.9 Å². The van der Waals surface area contributed by atoms with Crippen LogP contribution in [-0.4, -0.2) is 49.3 Å². The third-order valence-corrected chi connectivity index (χ3v) is 6.62. The highest BCUT2D eigenvalue weighted by atomic mass is 19.4. The van der Waals surface area contributed by atoms with Crippen molar-refractivity contribution in [3.63, 3.8) is 0 Å². The van der Waals surface area contributed by atoms with Gasteiger partial charge in [0.1, 0.15) is 5.75 Å². The topological polar surface area (TPSA) is 58.8 Å². The van der Waals surface area contributed by atoms with Gasteiger partial charge in [-0.2, -0.15) is 13.2 Å². The molecule has 0 bridgehead atoms. The van der Waals surface area contributed by atoms with Gasteiger partial charge in [-0.05, 0) is 43.2 Å². The molecule has 0 N–H and O–H groups in total. The van der Waals surface area contributed by atoms with E-state index in [1.807, 2.05) is 35.2 Å². The van der Waals surface area contributed by atoms with Crippen molar-refractivity contribution < 1.29 is 27.2 Å². The van der Waals surface area contributed by atoms with Crippen molar-refractivity contribution in [1.29, 1.82) is 0 Å². The molecule has 1 saturated carbocycles. The number of piperazine rings is 1. The van der Waals surface area contributed by atoms with Crippen LogP contribution in [0, 0.1) is 0 Å². The zero-order chi connectivity index (χ0) is 23.9. The number of carbonyl (C=O) groups is 1. The number of hydrogen-bond donors (Lipinski definition) is 0. The standard InChI is InChI=1S/C25H24F3N3O3/c1-33-20-7-2-4-17(14-20)21-16-22(29-34-21)24(8-9-24)23(32)31-12-10-30(11-13-31)19-6-3-5-18(15-19)25(26,27)28/h2-7,14-16H,8-13H2,1H3. The number of carbonyl (C=O) groups excluding carboxylic acids is 1. The van der Waals surface area contributed by atoms with Crippen LogP contribution in [0.15, 0.2) is 59.1 Å². The Bertz CT molecular complexity index is 1200. The predicted molar refractivity (Wildman–Crippen MR) is 120 cm³/mol. The zero-order valence-electron chi connectivity index (χ0n) is 18.6. The SMILES string of the molecule is COc1cccc(-c2cc(C3(C(=O)N4CCN(c5cccc(C(F)(F)F)c5)CC4)CC3)no2)c1. The summed E-state index contributed by atoms with van der Waals surface area (Å²) in [6.45, 7) is 1.82. The summed E-state index contributed by atoms with van der Waals surface area (Å²) in [4.78, 5) is 17.1. The van der Waals surface area contributed by atoms with Crippen molar-refractivity contribution in [1.82, 2.24) is 10.1 Å². The van der Waals surface area contributed by atoms with Crippen LogP contribution in [0.5, 0.6) is 5.75 Å². The smallest absolute Gasteiger partial charge is 0.416 e. The summed E-state index contributed by atoms with van der Waals surface area (Å²) in [6, 6.07) is 14.6. The van der Waals surface area contributed by atoms with Gasteiger partial charge in [-0.25, -0.2) is 0 Å². The summed E-state index contributed by atoms with van der Waals surface area (Å²) in [6.07, 6.45) is -2.99. The van der Waals surface area contributed by atoms with Crippen LogP contribution in [0.3, 0.4) is 0 Å². The summed E-state index contributed by atoms with van der Waals surface area (Å²) >= 11 is 0. The molecule has 2 aromatic carbocycles. The van der Waals surface area contributed by atoms with Crippen molar-refractivity contribution >= 4 is 11.6 Å². The number of hydrogen-bond acceptors (Lipinski definition) is 5. The number of halogens is 3. The number of ether oxygens (including phenoxy) is 1. The fraction of sp³-hybridized carbons (Fsp3) is 0.360. The largest absolute Gasteiger partial charge is 0.497 e. The molecule has 34 heavy (non-hydrogen) atoms. The molecule has 0 radical (unpaired) electrons. The summed E-state index contributed by atoms with van der Waals surface area (Å²) in [5, 5.41) is 4.21. The van der Waals surface area contributed by atoms with Gasteiger partial charge < -0.3 is 19.1 Å². The van der Waals surface area contributed by atoms with E-state index in [2.05, 4.69) is 5.16 Å². The molecule has 0 atom stereocenters. The lowest BCUT2D eigenvalue weighted by molar-refractivity contribution is -0.137. The van der Waals surface area contributed by atoms with Gasteiger partial charge in [0, 0.05) is 43.5 Å². The highest BCUT2D eigenvalue weighted by Gasteiger charge is 2.55. The Labute approximate surface area is 194 Å². The van der Waals surface area contributed by atoms with Crippen LogP contribution in [0.4, 0.5) is 18.9 Å². The average molecular weight is 471 g/mol. The molecule has 9 heteroatoms. The average Bonchev–Trinajstić information content (AvgIpc) is 3.52. The first-order valence-electron chi connectivity index (χ1n) is 11.1. The molecule has 0 spiro atoms. The lowest BCUT2D eigenvalue weighted by atomic mass is 9.99. The van der Waals surface area contributed by atoms with E-state index in [4.69, 9.17) is 9.26 Å². The fourth-order valence-electron chi connectivity index (χ4n) is 4.47. The second-order valence-electron chi connectivity index (χ2n) is 8.72. The highest BCUT2D eigenvalue weighted by Crippen LogP contribution is 2.50. The van der Waals surface area contributed by atoms with Gasteiger partial charge in [0.05, 0.1) is 23.8 Å². The zero-order valence-corrected chi connectivity index (χ0v) is 18.6. The minimum atomic E-state index is -4.38. The van der Waals surface area contributed by atoms with Crippen molar-refractivity contribution in [3.05, 3.63) is 65.9 Å². The maximum Gasteiger partial charge on any atom is 0.416 e. The lowest BCUT2D eigenvalue weighted by Crippen LogP contribution is -2.51. The second kappa shape index (κ2) is 8.38. The molecule has 6 nitrogen and oxygen atoms in total. The molecule has 5 rings (SSSR count). The Morgan fingerprint density at radius 2 is 1.76 bits per heavy atom. The van der Waals surface area contributed by atoms with Gasteiger partial charge in [-0.15, -0.1) is 0 Å². The number of alkyl halides is 3. The third kappa shape index (κ3) is 4.10. The first-order valence-corrected chi connectivity index (χ1v) is 11.1. The van der Waals surface area contributed by atoms with E-state index in [1.165, 1.54) is 6.07 Å². The molecule has 1 aliphatic carbocycles. The molecule has 0 unspecified atom stereocenters. The van der Waals surface area contributed by atoms with E-state index in [-0.39, 0.29) is 5.91 Å². The quantitative estimate of drug-likeness (QED) is 0.538. The van der Waals surface area contributed by atoms with Crippen molar-refractivity contribution in [2.24, 2.45) is 0 Å². The molecule has 178 valence electrons. The molecule has 2 aliphatic rings. The first kappa shape index (κ1) is 22.3. The number of amides is 1. The number of benzene rings is 2. The number of aromatic nitrogens is 1. The van der Waals surface area contributed by atoms with Crippen LogP contribution >= 0.6 is 0 Å². The molecule has 2 fully saturated rings. The van der Waals surface area contributed by atoms with Crippen molar-refractivity contribution in [3.8, 4) is 17.1 Å². The normalized spacial score (nSPS) is 17.5. The van der Waals surface area contributed by atoms with Crippen molar-refractivity contribution in [2.45, 2.75) is 24.4 Å². The van der Waals surface area contributed by atoms with E-state index >= 15 is 0 Å². The van der Waals surface area contributed by atoms with Crippen LogP contribution in [0.25, 0.3) is 11.3 Å². The molecule has 3 aromatic rings. The van der Waals surface area contributed by atoms with Gasteiger partial charge in [0.25, 0.3) is 0 Å². The van der Waals surface area contributed by atoms with E-state index in [1.54, 1.807) is 18.1 Å². The van der Waals surface area contributed by atoms with Crippen LogP contribution in [0.1, 0.15) is 24.1 Å². The van der Waals surface area contributed by atoms with Crippen molar-refractivity contribution in [2.75, 3.05) is 38.2 Å². The van der Waals surface area contributed by atoms with E-state index in [9.17, 15) is 18.0 Å². The lowest BCUT2D eigenvalue weighted by Gasteiger charge is -2.37. The summed E-state index contributed by atoms with van der Waals surface area (Å²) < 4.78 is 50.0. The molecular formula is C25H24F3N3O3. The Morgan fingerprint density at radius 1 is 1.03 bits per heavy atom. The van der Waals surface area contributed by atoms with E-state index in [0.717, 1.165) is 17.7 Å². The molecule has 2 heterocycles. The minimum absolute atomic E-state index is 0.00156. The fourth-order valence-corrected chi connectivity index (χ4v) is 4.47. The molecule has 1 aromatic heterocycles. The molecule has 1 saturated heterocycles. The van der Waals surface area contributed by atoms with Gasteiger partial charge in [-0.1, -0.05) is 23.4 Å². The number of nitrogens with zero attached hydrogens (tertiary/aromatic N) is 3. The van der Waals surface area contributed by atoms with Gasteiger partial charge >= 0.3 is 6.18 Å². The minimum Gasteiger partial charge on any atom is -0.497 e. The van der Waals surface area contributed by atoms with Crippen LogP contribution in [0.2, 0.25) is 0 Å². The summed E-state index contributed by atoms with van der Waals surface area (Å²) in [5.74, 6) is 1.27. The predicted octanol–water partition coefficient (Wildman–Crippen LogP) is 4.75. The monoisotopic (exact) mass is 471 g/mol. The Hall–Kier alpha value is -3.49. The van der Waals surface area contributed by atoms with E-state index < -0.39 is 17.2 Å². The Kier molecular flexibility index (Phi) is 5.50. The molecular weight excluding hydrogens is 447 g/mol. The first-order chi connectivity index (χ1) is 16.3. The second-order valence-corrected chi connectivity index (χ2v) is 8.72. The Morgan fingerprint density at radius 3 is 2.44 bits per heavy atom. The number of anilines is 1. The maximum absolute atomic E-state index is 13.4. The van der Waals surface area contributed by atoms with Crippen LogP contribution < -0.4 is 9.64 Å². The van der Waals surface area contributed by atoms with Crippen LogP contribution in [-0.2, 0) is 16.4 Å². The third-order valence-electron chi connectivity index (χ3n) is 6.62. The van der Waals surface area contributed by atoms with Gasteiger partial charge in [0.15, 0.2) is 5.76 Å². The summed E-state index contributed by atoms with van der Waals surface area (Å²) in [7, 11) is 1.59. The van der Waals surface area contributed by atoms with Gasteiger partial charge in [0.2, 0.25) is 5.91 Å². The molecule has 1 aliphatic heterocycles. The maximum atomic E-state index is 13.4. The molecule has 1 amide bonds. The van der Waals surface area contributed by atoms with Gasteiger partial charge in [-0.3, -0.25) is 4.79 Å². The Balaban J connectivity index is 1.27. The summed E-state index contributed by atoms with van der Waals surface area (Å²) in [5.41, 5.74) is 0.603.